The Morgan fingerprint density at radius 1 is 1.39 bits per heavy atom. The van der Waals surface area contributed by atoms with Crippen LogP contribution in [0.5, 0.6) is 5.75 Å². The molecule has 0 radical (unpaired) electrons. The fourth-order valence-corrected chi connectivity index (χ4v) is 2.22. The number of rotatable bonds is 4. The molecule has 1 aromatic carbocycles. The number of ether oxygens (including phenoxy) is 1. The summed E-state index contributed by atoms with van der Waals surface area (Å²) < 4.78 is 7.23. The third kappa shape index (κ3) is 2.24. The molecule has 0 saturated carbocycles. The van der Waals surface area contributed by atoms with Crippen molar-refractivity contribution in [3.05, 3.63) is 47.3 Å². The van der Waals surface area contributed by atoms with Crippen LogP contribution in [0.1, 0.15) is 22.9 Å². The predicted molar refractivity (Wildman–Crippen MR) is 71.8 cm³/mol. The van der Waals surface area contributed by atoms with Crippen molar-refractivity contribution in [1.82, 2.24) is 15.1 Å². The molecule has 96 valence electrons. The molecule has 1 unspecified atom stereocenters. The highest BCUT2D eigenvalue weighted by Gasteiger charge is 2.20. The van der Waals surface area contributed by atoms with Gasteiger partial charge in [-0.1, -0.05) is 29.8 Å². The Kier molecular flexibility index (Phi) is 3.67. The fraction of sp³-hybridized carbons (Fsp3) is 0.357. The minimum Gasteiger partial charge on any atom is -0.493 e. The minimum absolute atomic E-state index is 0.0762. The van der Waals surface area contributed by atoms with Crippen LogP contribution in [0.3, 0.4) is 0 Å². The highest BCUT2D eigenvalue weighted by Crippen LogP contribution is 2.29. The molecule has 4 nitrogen and oxygen atoms in total. The van der Waals surface area contributed by atoms with Gasteiger partial charge in [0.05, 0.1) is 19.3 Å². The first kappa shape index (κ1) is 12.6. The normalized spacial score (nSPS) is 12.4. The largest absolute Gasteiger partial charge is 0.493 e. The molecule has 0 aliphatic heterocycles. The average Bonchev–Trinajstić information content (AvgIpc) is 2.72. The summed E-state index contributed by atoms with van der Waals surface area (Å²) in [5, 5.41) is 7.58. The Labute approximate surface area is 108 Å². The molecule has 18 heavy (non-hydrogen) atoms. The second-order valence-corrected chi connectivity index (χ2v) is 4.36. The number of hydrogen-bond donors (Lipinski definition) is 1. The molecule has 0 saturated heterocycles. The summed E-state index contributed by atoms with van der Waals surface area (Å²) in [6.45, 7) is 2.09. The van der Waals surface area contributed by atoms with Crippen molar-refractivity contribution < 1.29 is 4.74 Å². The molecule has 0 bridgehead atoms. The Balaban J connectivity index is 2.48. The van der Waals surface area contributed by atoms with Gasteiger partial charge >= 0.3 is 0 Å². The Morgan fingerprint density at radius 2 is 2.17 bits per heavy atom. The SMILES string of the molecule is CNC(c1cccc(C)c1)c1c(OC)cnn1C. The summed E-state index contributed by atoms with van der Waals surface area (Å²) >= 11 is 0. The van der Waals surface area contributed by atoms with E-state index in [0.29, 0.717) is 0 Å². The van der Waals surface area contributed by atoms with E-state index >= 15 is 0 Å². The van der Waals surface area contributed by atoms with Crippen LogP contribution in [0.4, 0.5) is 0 Å². The number of nitrogens with one attached hydrogen (secondary N) is 1. The first-order valence-corrected chi connectivity index (χ1v) is 5.97. The van der Waals surface area contributed by atoms with E-state index in [2.05, 4.69) is 41.6 Å². The van der Waals surface area contributed by atoms with Crippen molar-refractivity contribution in [2.24, 2.45) is 7.05 Å². The first-order valence-electron chi connectivity index (χ1n) is 5.97. The molecule has 0 aliphatic carbocycles. The van der Waals surface area contributed by atoms with Crippen LogP contribution < -0.4 is 10.1 Å². The first-order chi connectivity index (χ1) is 8.67. The Morgan fingerprint density at radius 3 is 2.78 bits per heavy atom. The number of benzene rings is 1. The zero-order chi connectivity index (χ0) is 13.1. The van der Waals surface area contributed by atoms with Gasteiger partial charge in [0.2, 0.25) is 0 Å². The molecular weight excluding hydrogens is 226 g/mol. The maximum absolute atomic E-state index is 5.38. The van der Waals surface area contributed by atoms with E-state index < -0.39 is 0 Å². The quantitative estimate of drug-likeness (QED) is 0.896. The van der Waals surface area contributed by atoms with E-state index in [0.717, 1.165) is 11.4 Å². The summed E-state index contributed by atoms with van der Waals surface area (Å²) in [5.41, 5.74) is 3.49. The van der Waals surface area contributed by atoms with E-state index in [4.69, 9.17) is 4.74 Å². The fourth-order valence-electron chi connectivity index (χ4n) is 2.22. The maximum atomic E-state index is 5.38. The highest BCUT2D eigenvalue weighted by molar-refractivity contribution is 5.37. The lowest BCUT2D eigenvalue weighted by Gasteiger charge is -2.18. The maximum Gasteiger partial charge on any atom is 0.161 e. The molecule has 2 rings (SSSR count). The lowest BCUT2D eigenvalue weighted by Crippen LogP contribution is -2.21. The standard InChI is InChI=1S/C14H19N3O/c1-10-6-5-7-11(8-10)13(15-2)14-12(18-4)9-16-17(14)3/h5-9,13,15H,1-4H3. The number of methoxy groups -OCH3 is 1. The van der Waals surface area contributed by atoms with E-state index in [1.165, 1.54) is 11.1 Å². The smallest absolute Gasteiger partial charge is 0.161 e. The van der Waals surface area contributed by atoms with Gasteiger partial charge in [0.25, 0.3) is 0 Å². The molecule has 1 heterocycles. The number of aryl methyl sites for hydroxylation is 2. The van der Waals surface area contributed by atoms with Crippen LogP contribution in [0.15, 0.2) is 30.5 Å². The summed E-state index contributed by atoms with van der Waals surface area (Å²) in [6, 6.07) is 8.52. The van der Waals surface area contributed by atoms with Crippen molar-refractivity contribution in [1.29, 1.82) is 0 Å². The van der Waals surface area contributed by atoms with E-state index in [-0.39, 0.29) is 6.04 Å². The van der Waals surface area contributed by atoms with Crippen molar-refractivity contribution in [3.63, 3.8) is 0 Å². The van der Waals surface area contributed by atoms with Crippen LogP contribution in [-0.4, -0.2) is 23.9 Å². The number of nitrogens with zero attached hydrogens (tertiary/aromatic N) is 2. The monoisotopic (exact) mass is 245 g/mol. The van der Waals surface area contributed by atoms with Gasteiger partial charge in [-0.05, 0) is 19.5 Å². The Bertz CT molecular complexity index is 534. The zero-order valence-corrected chi connectivity index (χ0v) is 11.3. The zero-order valence-electron chi connectivity index (χ0n) is 11.3. The van der Waals surface area contributed by atoms with Crippen LogP contribution >= 0.6 is 0 Å². The average molecular weight is 245 g/mol. The summed E-state index contributed by atoms with van der Waals surface area (Å²) in [4.78, 5) is 0. The van der Waals surface area contributed by atoms with Crippen LogP contribution in [0, 0.1) is 6.92 Å². The van der Waals surface area contributed by atoms with Gasteiger partial charge in [0.15, 0.2) is 5.75 Å². The van der Waals surface area contributed by atoms with E-state index in [9.17, 15) is 0 Å². The van der Waals surface area contributed by atoms with Gasteiger partial charge in [-0.2, -0.15) is 5.10 Å². The molecule has 0 aliphatic rings. The minimum atomic E-state index is 0.0762. The topological polar surface area (TPSA) is 39.1 Å². The molecule has 0 amide bonds. The van der Waals surface area contributed by atoms with E-state index in [1.807, 2.05) is 18.8 Å². The van der Waals surface area contributed by atoms with Crippen LogP contribution in [0.25, 0.3) is 0 Å². The van der Waals surface area contributed by atoms with Crippen molar-refractivity contribution in [2.45, 2.75) is 13.0 Å². The van der Waals surface area contributed by atoms with Crippen molar-refractivity contribution in [3.8, 4) is 5.75 Å². The Hall–Kier alpha value is -1.81. The van der Waals surface area contributed by atoms with Gasteiger partial charge < -0.3 is 10.1 Å². The number of hydrogen-bond acceptors (Lipinski definition) is 3. The molecule has 2 aromatic rings. The molecule has 1 N–H and O–H groups in total. The molecule has 1 atom stereocenters. The summed E-state index contributed by atoms with van der Waals surface area (Å²) in [7, 11) is 5.54. The number of aromatic nitrogens is 2. The molecule has 0 spiro atoms. The lowest BCUT2D eigenvalue weighted by molar-refractivity contribution is 0.402. The van der Waals surface area contributed by atoms with Crippen molar-refractivity contribution in [2.75, 3.05) is 14.2 Å². The lowest BCUT2D eigenvalue weighted by atomic mass is 10.0. The van der Waals surface area contributed by atoms with Crippen molar-refractivity contribution >= 4 is 0 Å². The molecule has 1 aromatic heterocycles. The molecular formula is C14H19N3O. The molecule has 0 fully saturated rings. The molecule has 4 heteroatoms. The van der Waals surface area contributed by atoms with E-state index in [1.54, 1.807) is 13.3 Å². The van der Waals surface area contributed by atoms with Crippen LogP contribution in [-0.2, 0) is 7.05 Å². The van der Waals surface area contributed by atoms with Gasteiger partial charge in [-0.25, -0.2) is 0 Å². The second-order valence-electron chi connectivity index (χ2n) is 4.36. The summed E-state index contributed by atoms with van der Waals surface area (Å²) in [5.74, 6) is 0.804. The van der Waals surface area contributed by atoms with Gasteiger partial charge in [-0.3, -0.25) is 4.68 Å². The van der Waals surface area contributed by atoms with Gasteiger partial charge in [-0.15, -0.1) is 0 Å². The van der Waals surface area contributed by atoms with Gasteiger partial charge in [0, 0.05) is 7.05 Å². The summed E-state index contributed by atoms with van der Waals surface area (Å²) in [6.07, 6.45) is 1.75. The highest BCUT2D eigenvalue weighted by atomic mass is 16.5. The second kappa shape index (κ2) is 5.23. The van der Waals surface area contributed by atoms with Gasteiger partial charge in [0.1, 0.15) is 5.69 Å². The third-order valence-electron chi connectivity index (χ3n) is 3.11. The predicted octanol–water partition coefficient (Wildman–Crippen LogP) is 2.05. The third-order valence-corrected chi connectivity index (χ3v) is 3.11. The van der Waals surface area contributed by atoms with Crippen LogP contribution in [0.2, 0.25) is 0 Å².